The zero-order chi connectivity index (χ0) is 15.1. The first-order valence-corrected chi connectivity index (χ1v) is 8.62. The number of rotatable bonds is 3. The summed E-state index contributed by atoms with van der Waals surface area (Å²) in [5.74, 6) is -0.239. The molecule has 0 saturated carbocycles. The van der Waals surface area contributed by atoms with Gasteiger partial charge in [-0.1, -0.05) is 6.92 Å². The van der Waals surface area contributed by atoms with Crippen molar-refractivity contribution in [1.29, 1.82) is 0 Å². The van der Waals surface area contributed by atoms with Crippen LogP contribution in [0.5, 0.6) is 0 Å². The lowest BCUT2D eigenvalue weighted by molar-refractivity contribution is -0.116. The molecule has 0 saturated heterocycles. The Morgan fingerprint density at radius 2 is 2.05 bits per heavy atom. The standard InChI is InChI=1S/C11H10Br2N2O4S/c1-2-6-3-10(16)15(14-6)7-4-8(12)11(13)9(5-7)20(17,18)19/h4-5H,2-3H2,1H3,(H,17,18,19). The Balaban J connectivity index is 2.57. The van der Waals surface area contributed by atoms with Crippen LogP contribution in [0.4, 0.5) is 5.69 Å². The third-order valence-corrected chi connectivity index (χ3v) is 5.90. The van der Waals surface area contributed by atoms with Crippen LogP contribution >= 0.6 is 31.9 Å². The van der Waals surface area contributed by atoms with E-state index in [0.29, 0.717) is 10.9 Å². The van der Waals surface area contributed by atoms with E-state index in [4.69, 9.17) is 0 Å². The van der Waals surface area contributed by atoms with Gasteiger partial charge >= 0.3 is 0 Å². The van der Waals surface area contributed by atoms with E-state index in [-0.39, 0.29) is 27.4 Å². The minimum Gasteiger partial charge on any atom is -0.282 e. The first kappa shape index (κ1) is 15.6. The molecule has 1 amide bonds. The highest BCUT2D eigenvalue weighted by molar-refractivity contribution is 9.13. The molecule has 0 fully saturated rings. The summed E-state index contributed by atoms with van der Waals surface area (Å²) in [6.45, 7) is 1.89. The summed E-state index contributed by atoms with van der Waals surface area (Å²) in [6, 6.07) is 2.75. The van der Waals surface area contributed by atoms with Crippen LogP contribution in [-0.2, 0) is 14.9 Å². The van der Waals surface area contributed by atoms with Gasteiger partial charge in [0.2, 0.25) is 0 Å². The van der Waals surface area contributed by atoms with Crippen LogP contribution in [0.1, 0.15) is 19.8 Å². The van der Waals surface area contributed by atoms with Gasteiger partial charge in [0, 0.05) is 10.2 Å². The van der Waals surface area contributed by atoms with Crippen molar-refractivity contribution in [3.05, 3.63) is 21.1 Å². The molecule has 0 spiro atoms. The van der Waals surface area contributed by atoms with Gasteiger partial charge in [-0.25, -0.2) is 5.01 Å². The van der Waals surface area contributed by atoms with Gasteiger partial charge in [-0.2, -0.15) is 13.5 Å². The molecule has 1 aliphatic heterocycles. The molecular formula is C11H10Br2N2O4S. The first-order chi connectivity index (χ1) is 9.24. The van der Waals surface area contributed by atoms with Gasteiger partial charge in [-0.05, 0) is 50.4 Å². The maximum Gasteiger partial charge on any atom is 0.295 e. The zero-order valence-electron chi connectivity index (χ0n) is 10.3. The molecular weight excluding hydrogens is 416 g/mol. The lowest BCUT2D eigenvalue weighted by atomic mass is 10.2. The van der Waals surface area contributed by atoms with Crippen molar-refractivity contribution in [2.24, 2.45) is 5.10 Å². The molecule has 2 rings (SSSR count). The summed E-state index contributed by atoms with van der Waals surface area (Å²) in [5.41, 5.74) is 1.00. The number of carbonyl (C=O) groups excluding carboxylic acids is 1. The van der Waals surface area contributed by atoms with Gasteiger partial charge in [0.1, 0.15) is 4.90 Å². The molecule has 0 atom stereocenters. The Hall–Kier alpha value is -0.770. The highest BCUT2D eigenvalue weighted by Gasteiger charge is 2.27. The second-order valence-electron chi connectivity index (χ2n) is 4.12. The monoisotopic (exact) mass is 424 g/mol. The van der Waals surface area contributed by atoms with Gasteiger partial charge in [-0.15, -0.1) is 0 Å². The average molecular weight is 426 g/mol. The van der Waals surface area contributed by atoms with E-state index in [9.17, 15) is 17.8 Å². The Kier molecular flexibility index (Phi) is 4.33. The Bertz CT molecular complexity index is 715. The topological polar surface area (TPSA) is 87.0 Å². The third kappa shape index (κ3) is 2.95. The third-order valence-electron chi connectivity index (χ3n) is 2.74. The molecule has 0 radical (unpaired) electrons. The van der Waals surface area contributed by atoms with Gasteiger partial charge < -0.3 is 0 Å². The van der Waals surface area contributed by atoms with Crippen LogP contribution < -0.4 is 5.01 Å². The highest BCUT2D eigenvalue weighted by Crippen LogP contribution is 2.35. The summed E-state index contributed by atoms with van der Waals surface area (Å²) >= 11 is 6.25. The molecule has 1 N–H and O–H groups in total. The normalized spacial score (nSPS) is 15.7. The molecule has 1 aliphatic rings. The van der Waals surface area contributed by atoms with Crippen molar-refractivity contribution in [2.75, 3.05) is 5.01 Å². The fourth-order valence-corrected chi connectivity index (χ4v) is 3.77. The van der Waals surface area contributed by atoms with Crippen LogP contribution in [-0.4, -0.2) is 24.6 Å². The summed E-state index contributed by atoms with van der Waals surface area (Å²) in [5, 5.41) is 5.28. The number of hydrogen-bond donors (Lipinski definition) is 1. The fourth-order valence-electron chi connectivity index (χ4n) is 1.74. The van der Waals surface area contributed by atoms with Gasteiger partial charge in [0.25, 0.3) is 16.0 Å². The molecule has 9 heteroatoms. The lowest BCUT2D eigenvalue weighted by Crippen LogP contribution is -2.20. The molecule has 6 nitrogen and oxygen atoms in total. The van der Waals surface area contributed by atoms with Gasteiger partial charge in [0.05, 0.1) is 16.6 Å². The van der Waals surface area contributed by atoms with E-state index < -0.39 is 10.1 Å². The first-order valence-electron chi connectivity index (χ1n) is 5.60. The van der Waals surface area contributed by atoms with E-state index >= 15 is 0 Å². The maximum atomic E-state index is 11.9. The molecule has 108 valence electrons. The van der Waals surface area contributed by atoms with Crippen molar-refractivity contribution >= 4 is 59.3 Å². The lowest BCUT2D eigenvalue weighted by Gasteiger charge is -2.14. The summed E-state index contributed by atoms with van der Waals surface area (Å²) in [7, 11) is -4.41. The van der Waals surface area contributed by atoms with Crippen molar-refractivity contribution in [2.45, 2.75) is 24.7 Å². The van der Waals surface area contributed by atoms with Crippen molar-refractivity contribution < 1.29 is 17.8 Å². The van der Waals surface area contributed by atoms with Crippen LogP contribution in [0, 0.1) is 0 Å². The molecule has 20 heavy (non-hydrogen) atoms. The SMILES string of the molecule is CCC1=NN(c2cc(Br)c(Br)c(S(=O)(=O)O)c2)C(=O)C1. The maximum absolute atomic E-state index is 11.9. The number of hydrazone groups is 1. The Morgan fingerprint density at radius 3 is 2.55 bits per heavy atom. The molecule has 1 aromatic carbocycles. The second kappa shape index (κ2) is 5.55. The van der Waals surface area contributed by atoms with Crippen molar-refractivity contribution in [1.82, 2.24) is 0 Å². The predicted octanol–water partition coefficient (Wildman–Crippen LogP) is 2.96. The van der Waals surface area contributed by atoms with E-state index in [1.807, 2.05) is 6.92 Å². The largest absolute Gasteiger partial charge is 0.295 e. The minimum absolute atomic E-state index is 0.190. The summed E-state index contributed by atoms with van der Waals surface area (Å²) in [6.07, 6.45) is 0.858. The second-order valence-corrected chi connectivity index (χ2v) is 7.15. The fraction of sp³-hybridized carbons (Fsp3) is 0.273. The molecule has 0 aliphatic carbocycles. The molecule has 0 bridgehead atoms. The Labute approximate surface area is 132 Å². The zero-order valence-corrected chi connectivity index (χ0v) is 14.3. The smallest absolute Gasteiger partial charge is 0.282 e. The van der Waals surface area contributed by atoms with Crippen LogP contribution in [0.15, 0.2) is 31.1 Å². The number of halogens is 2. The highest BCUT2D eigenvalue weighted by atomic mass is 79.9. The average Bonchev–Trinajstić information content (AvgIpc) is 2.72. The minimum atomic E-state index is -4.41. The number of benzene rings is 1. The number of anilines is 1. The van der Waals surface area contributed by atoms with E-state index in [1.54, 1.807) is 6.07 Å². The van der Waals surface area contributed by atoms with Crippen LogP contribution in [0.3, 0.4) is 0 Å². The summed E-state index contributed by atoms with van der Waals surface area (Å²) in [4.78, 5) is 11.5. The molecule has 1 aromatic rings. The van der Waals surface area contributed by atoms with Crippen molar-refractivity contribution in [3.8, 4) is 0 Å². The molecule has 0 aromatic heterocycles. The predicted molar refractivity (Wildman–Crippen MR) is 81.5 cm³/mol. The summed E-state index contributed by atoms with van der Waals surface area (Å²) < 4.78 is 32.5. The van der Waals surface area contributed by atoms with Crippen LogP contribution in [0.25, 0.3) is 0 Å². The quantitative estimate of drug-likeness (QED) is 0.754. The van der Waals surface area contributed by atoms with Crippen LogP contribution in [0.2, 0.25) is 0 Å². The number of nitrogens with zero attached hydrogens (tertiary/aromatic N) is 2. The van der Waals surface area contributed by atoms with Crippen molar-refractivity contribution in [3.63, 3.8) is 0 Å². The van der Waals surface area contributed by atoms with E-state index in [0.717, 1.165) is 10.7 Å². The number of carbonyl (C=O) groups is 1. The Morgan fingerprint density at radius 1 is 1.40 bits per heavy atom. The molecule has 0 unspecified atom stereocenters. The molecule has 1 heterocycles. The number of hydrogen-bond acceptors (Lipinski definition) is 4. The van der Waals surface area contributed by atoms with Gasteiger partial charge in [-0.3, -0.25) is 9.35 Å². The van der Waals surface area contributed by atoms with E-state index in [1.165, 1.54) is 6.07 Å². The van der Waals surface area contributed by atoms with E-state index in [2.05, 4.69) is 37.0 Å². The van der Waals surface area contributed by atoms with Gasteiger partial charge in [0.15, 0.2) is 0 Å². The number of amides is 1.